The van der Waals surface area contributed by atoms with Crippen LogP contribution in [0.1, 0.15) is 57.1 Å². The summed E-state index contributed by atoms with van der Waals surface area (Å²) < 4.78 is 15.0. The van der Waals surface area contributed by atoms with Gasteiger partial charge >= 0.3 is 59.1 Å². The van der Waals surface area contributed by atoms with Gasteiger partial charge in [0.15, 0.2) is 0 Å². The number of phosphoric ester groups is 1. The third-order valence-corrected chi connectivity index (χ3v) is 4.00. The molecule has 26 heavy (non-hydrogen) atoms. The number of benzene rings is 1. The van der Waals surface area contributed by atoms with Crippen LogP contribution in [0.4, 0.5) is 0 Å². The van der Waals surface area contributed by atoms with Crippen LogP contribution in [0.15, 0.2) is 24.3 Å². The van der Waals surface area contributed by atoms with E-state index in [1.165, 1.54) is 24.3 Å². The molecule has 1 aromatic carbocycles. The van der Waals surface area contributed by atoms with Gasteiger partial charge in [-0.1, -0.05) is 44.7 Å². The number of aromatic hydroxyl groups is 1. The molecule has 7 nitrogen and oxygen atoms in total. The van der Waals surface area contributed by atoms with Crippen LogP contribution >= 0.6 is 7.82 Å². The second-order valence-corrected chi connectivity index (χ2v) is 6.77. The van der Waals surface area contributed by atoms with E-state index in [2.05, 4.69) is 16.8 Å². The van der Waals surface area contributed by atoms with Crippen molar-refractivity contribution in [1.82, 2.24) is 5.32 Å². The van der Waals surface area contributed by atoms with Gasteiger partial charge in [0.05, 0.1) is 20.5 Å². The number of rotatable bonds is 11. The van der Waals surface area contributed by atoms with Crippen LogP contribution in [0.3, 0.4) is 0 Å². The molecule has 0 saturated heterocycles. The Labute approximate surface area is 199 Å². The molecule has 0 aliphatic rings. The van der Waals surface area contributed by atoms with E-state index >= 15 is 0 Å². The van der Waals surface area contributed by atoms with Crippen LogP contribution in [0.5, 0.6) is 5.75 Å². The zero-order valence-corrected chi connectivity index (χ0v) is 20.7. The molecular formula is C16H24NNa2O6P. The molecule has 1 atom stereocenters. The molecule has 0 aliphatic carbocycles. The molecule has 1 aromatic rings. The summed E-state index contributed by atoms with van der Waals surface area (Å²) in [5.74, 6) is -0.196. The maximum Gasteiger partial charge on any atom is 1.00 e. The maximum absolute atomic E-state index is 12.0. The fraction of sp³-hybridized carbons (Fsp3) is 0.562. The Morgan fingerprint density at radius 3 is 2.27 bits per heavy atom. The van der Waals surface area contributed by atoms with E-state index in [-0.39, 0.29) is 70.8 Å². The van der Waals surface area contributed by atoms with Crippen molar-refractivity contribution in [3.8, 4) is 5.75 Å². The van der Waals surface area contributed by atoms with Gasteiger partial charge in [0.2, 0.25) is 5.91 Å². The SMILES string of the molecule is CCCCCCCC(=O)N[C@@H](COP(=O)([O-])[O-])c1ccc(O)cc1.[Na+].[Na+]. The van der Waals surface area contributed by atoms with Gasteiger partial charge in [0.1, 0.15) is 5.75 Å². The maximum atomic E-state index is 12.0. The summed E-state index contributed by atoms with van der Waals surface area (Å²) in [5, 5.41) is 12.0. The average molecular weight is 403 g/mol. The molecule has 1 rings (SSSR count). The van der Waals surface area contributed by atoms with Crippen molar-refractivity contribution in [3.05, 3.63) is 29.8 Å². The summed E-state index contributed by atoms with van der Waals surface area (Å²) >= 11 is 0. The van der Waals surface area contributed by atoms with Gasteiger partial charge in [0.25, 0.3) is 0 Å². The van der Waals surface area contributed by atoms with E-state index in [0.29, 0.717) is 12.0 Å². The van der Waals surface area contributed by atoms with Crippen molar-refractivity contribution in [1.29, 1.82) is 0 Å². The Morgan fingerprint density at radius 1 is 1.15 bits per heavy atom. The third kappa shape index (κ3) is 13.7. The molecule has 10 heteroatoms. The smallest absolute Gasteiger partial charge is 0.790 e. The molecule has 1 amide bonds. The van der Waals surface area contributed by atoms with E-state index in [9.17, 15) is 24.3 Å². The van der Waals surface area contributed by atoms with Gasteiger partial charge in [-0.15, -0.1) is 0 Å². The molecule has 0 aromatic heterocycles. The standard InChI is InChI=1S/C16H26NO6P.2Na/c1-2-3-4-5-6-7-16(19)17-15(12-23-24(20,21)22)13-8-10-14(18)11-9-13;;/h8-11,15,18H,2-7,12H2,1H3,(H,17,19)(H2,20,21,22);;/q;2*+1/p-2/t15-;;/m0../s1. The predicted octanol–water partition coefficient (Wildman–Crippen LogP) is -4.24. The molecule has 0 radical (unpaired) electrons. The first-order valence-corrected chi connectivity index (χ1v) is 9.52. The topological polar surface area (TPSA) is 122 Å². The Bertz CT molecular complexity index is 552. The predicted molar refractivity (Wildman–Crippen MR) is 85.9 cm³/mol. The molecule has 136 valence electrons. The minimum Gasteiger partial charge on any atom is -0.790 e. The molecular weight excluding hydrogens is 379 g/mol. The second kappa shape index (κ2) is 15.5. The Kier molecular flexibility index (Phi) is 17.2. The zero-order chi connectivity index (χ0) is 18.0. The van der Waals surface area contributed by atoms with Crippen molar-refractivity contribution in [2.75, 3.05) is 6.61 Å². The molecule has 0 unspecified atom stereocenters. The molecule has 0 bridgehead atoms. The Hall–Kier alpha value is 0.600. The summed E-state index contributed by atoms with van der Waals surface area (Å²) in [4.78, 5) is 33.4. The number of hydrogen-bond donors (Lipinski definition) is 2. The van der Waals surface area contributed by atoms with Gasteiger partial charge in [0, 0.05) is 6.42 Å². The van der Waals surface area contributed by atoms with Crippen LogP contribution in [0.25, 0.3) is 0 Å². The fourth-order valence-corrected chi connectivity index (χ4v) is 2.58. The van der Waals surface area contributed by atoms with E-state index in [4.69, 9.17) is 0 Å². The molecule has 0 spiro atoms. The number of hydrogen-bond acceptors (Lipinski definition) is 6. The summed E-state index contributed by atoms with van der Waals surface area (Å²) in [6.07, 6.45) is 5.36. The largest absolute Gasteiger partial charge is 1.00 e. The number of phenolic OH excluding ortho intramolecular Hbond substituents is 1. The van der Waals surface area contributed by atoms with Crippen molar-refractivity contribution < 1.29 is 87.9 Å². The van der Waals surface area contributed by atoms with E-state index in [0.717, 1.165) is 32.1 Å². The quantitative estimate of drug-likeness (QED) is 0.219. The normalized spacial score (nSPS) is 11.8. The van der Waals surface area contributed by atoms with Crippen LogP contribution in [0, 0.1) is 0 Å². The molecule has 0 saturated carbocycles. The number of nitrogens with one attached hydrogen (secondary N) is 1. The van der Waals surface area contributed by atoms with E-state index in [1.54, 1.807) is 0 Å². The number of carbonyl (C=O) groups excluding carboxylic acids is 1. The zero-order valence-electron chi connectivity index (χ0n) is 15.8. The van der Waals surface area contributed by atoms with Gasteiger partial charge in [-0.2, -0.15) is 0 Å². The van der Waals surface area contributed by atoms with Gasteiger partial charge in [-0.3, -0.25) is 4.79 Å². The Morgan fingerprint density at radius 2 is 1.73 bits per heavy atom. The van der Waals surface area contributed by atoms with Crippen LogP contribution in [-0.2, 0) is 13.9 Å². The number of amides is 1. The molecule has 0 aliphatic heterocycles. The van der Waals surface area contributed by atoms with Gasteiger partial charge in [-0.25, -0.2) is 0 Å². The van der Waals surface area contributed by atoms with Gasteiger partial charge in [-0.05, 0) is 24.1 Å². The van der Waals surface area contributed by atoms with E-state index in [1.807, 2.05) is 0 Å². The number of unbranched alkanes of at least 4 members (excludes halogenated alkanes) is 4. The molecule has 0 heterocycles. The van der Waals surface area contributed by atoms with Crippen LogP contribution in [-0.4, -0.2) is 17.6 Å². The first-order valence-electron chi connectivity index (χ1n) is 8.06. The summed E-state index contributed by atoms with van der Waals surface area (Å²) in [6, 6.07) is 5.11. The minimum absolute atomic E-state index is 0. The van der Waals surface area contributed by atoms with Gasteiger partial charge < -0.3 is 29.3 Å². The van der Waals surface area contributed by atoms with E-state index < -0.39 is 20.5 Å². The van der Waals surface area contributed by atoms with Crippen molar-refractivity contribution in [3.63, 3.8) is 0 Å². The number of phenols is 1. The molecule has 2 N–H and O–H groups in total. The third-order valence-electron chi connectivity index (χ3n) is 3.54. The van der Waals surface area contributed by atoms with Crippen molar-refractivity contribution in [2.24, 2.45) is 0 Å². The summed E-state index contributed by atoms with van der Waals surface area (Å²) in [7, 11) is -5.13. The fourth-order valence-electron chi connectivity index (χ4n) is 2.25. The summed E-state index contributed by atoms with van der Waals surface area (Å²) in [6.45, 7) is 1.64. The van der Waals surface area contributed by atoms with Crippen molar-refractivity contribution in [2.45, 2.75) is 51.5 Å². The first-order chi connectivity index (χ1) is 11.3. The van der Waals surface area contributed by atoms with Crippen LogP contribution in [0.2, 0.25) is 0 Å². The summed E-state index contributed by atoms with van der Waals surface area (Å²) in [5.41, 5.74) is 0.542. The number of phosphoric acid groups is 1. The minimum atomic E-state index is -5.13. The van der Waals surface area contributed by atoms with Crippen molar-refractivity contribution >= 4 is 13.7 Å². The van der Waals surface area contributed by atoms with Crippen LogP contribution < -0.4 is 74.2 Å². The number of carbonyl (C=O) groups is 1. The average Bonchev–Trinajstić information content (AvgIpc) is 2.51. The Balaban J connectivity index is 0. The first kappa shape index (κ1) is 28.8. The monoisotopic (exact) mass is 403 g/mol. The molecule has 0 fully saturated rings. The second-order valence-electron chi connectivity index (χ2n) is 5.62.